The monoisotopic (exact) mass is 384 g/mol. The number of hydrogen-bond donors (Lipinski definition) is 1. The maximum absolute atomic E-state index is 10.3. The zero-order valence-electron chi connectivity index (χ0n) is 16.9. The molecular formula is C22H28N2O4. The molecule has 0 aliphatic carbocycles. The van der Waals surface area contributed by atoms with Crippen molar-refractivity contribution in [3.05, 3.63) is 53.1 Å². The molecule has 0 saturated heterocycles. The van der Waals surface area contributed by atoms with E-state index >= 15 is 0 Å². The Kier molecular flexibility index (Phi) is 8.12. The van der Waals surface area contributed by atoms with Gasteiger partial charge in [0.15, 0.2) is 11.5 Å². The third kappa shape index (κ3) is 6.15. The topological polar surface area (TPSA) is 75.0 Å². The van der Waals surface area contributed by atoms with Crippen molar-refractivity contribution in [2.45, 2.75) is 26.0 Å². The molecule has 0 spiro atoms. The van der Waals surface area contributed by atoms with Gasteiger partial charge in [-0.15, -0.1) is 0 Å². The lowest BCUT2D eigenvalue weighted by atomic mass is 10.1. The number of hydrogen-bond acceptors (Lipinski definition) is 6. The summed E-state index contributed by atoms with van der Waals surface area (Å²) in [6.45, 7) is 3.37. The van der Waals surface area contributed by atoms with Gasteiger partial charge in [-0.05, 0) is 54.9 Å². The normalized spacial score (nSPS) is 11.8. The van der Waals surface area contributed by atoms with Crippen molar-refractivity contribution in [1.82, 2.24) is 4.90 Å². The van der Waals surface area contributed by atoms with Gasteiger partial charge in [-0.3, -0.25) is 4.90 Å². The molecule has 6 heteroatoms. The van der Waals surface area contributed by atoms with Gasteiger partial charge in [-0.1, -0.05) is 12.1 Å². The smallest absolute Gasteiger partial charge is 0.161 e. The van der Waals surface area contributed by atoms with Gasteiger partial charge in [-0.2, -0.15) is 5.26 Å². The fourth-order valence-electron chi connectivity index (χ4n) is 2.95. The molecule has 0 aliphatic rings. The highest BCUT2D eigenvalue weighted by Gasteiger charge is 2.13. The molecule has 0 saturated carbocycles. The van der Waals surface area contributed by atoms with Crippen molar-refractivity contribution < 1.29 is 19.3 Å². The molecule has 2 aromatic carbocycles. The maximum Gasteiger partial charge on any atom is 0.161 e. The fourth-order valence-corrected chi connectivity index (χ4v) is 2.95. The third-order valence-corrected chi connectivity index (χ3v) is 4.45. The molecule has 28 heavy (non-hydrogen) atoms. The second-order valence-corrected chi connectivity index (χ2v) is 6.77. The first-order valence-corrected chi connectivity index (χ1v) is 9.13. The highest BCUT2D eigenvalue weighted by molar-refractivity contribution is 5.47. The van der Waals surface area contributed by atoms with E-state index in [1.807, 2.05) is 55.3 Å². The van der Waals surface area contributed by atoms with Crippen LogP contribution in [-0.4, -0.2) is 50.5 Å². The Morgan fingerprint density at radius 1 is 1.11 bits per heavy atom. The minimum atomic E-state index is -0.621. The van der Waals surface area contributed by atoms with Crippen molar-refractivity contribution >= 4 is 0 Å². The van der Waals surface area contributed by atoms with E-state index in [1.165, 1.54) is 0 Å². The lowest BCUT2D eigenvalue weighted by Gasteiger charge is -2.22. The van der Waals surface area contributed by atoms with Crippen LogP contribution >= 0.6 is 0 Å². The SMILES string of the molecule is COc1cc(C)c(CN(C)C[C@@H](O)COc2ccc(CC#N)cc2)cc1OC. The van der Waals surface area contributed by atoms with Crippen molar-refractivity contribution in [3.8, 4) is 23.3 Å². The summed E-state index contributed by atoms with van der Waals surface area (Å²) in [4.78, 5) is 2.04. The molecule has 2 rings (SSSR count). The third-order valence-electron chi connectivity index (χ3n) is 4.45. The van der Waals surface area contributed by atoms with Crippen LogP contribution in [0.15, 0.2) is 36.4 Å². The summed E-state index contributed by atoms with van der Waals surface area (Å²) in [5.74, 6) is 2.08. The molecule has 0 aliphatic heterocycles. The van der Waals surface area contributed by atoms with Crippen LogP contribution in [-0.2, 0) is 13.0 Å². The van der Waals surface area contributed by atoms with E-state index in [1.54, 1.807) is 14.2 Å². The molecule has 2 aromatic rings. The Balaban J connectivity index is 1.87. The number of nitrogens with zero attached hydrogens (tertiary/aromatic N) is 2. The highest BCUT2D eigenvalue weighted by Crippen LogP contribution is 2.30. The highest BCUT2D eigenvalue weighted by atomic mass is 16.5. The number of aliphatic hydroxyl groups excluding tert-OH is 1. The van der Waals surface area contributed by atoms with E-state index < -0.39 is 6.10 Å². The number of ether oxygens (including phenoxy) is 3. The zero-order chi connectivity index (χ0) is 20.5. The van der Waals surface area contributed by atoms with Crippen molar-refractivity contribution in [1.29, 1.82) is 5.26 Å². The molecule has 150 valence electrons. The summed E-state index contributed by atoms with van der Waals surface area (Å²) in [6, 6.07) is 13.4. The second kappa shape index (κ2) is 10.5. The van der Waals surface area contributed by atoms with Gasteiger partial charge >= 0.3 is 0 Å². The van der Waals surface area contributed by atoms with E-state index in [0.717, 1.165) is 16.7 Å². The number of likely N-dealkylation sites (N-methyl/N-ethyl adjacent to an activating group) is 1. The minimum absolute atomic E-state index is 0.201. The summed E-state index contributed by atoms with van der Waals surface area (Å²) in [5, 5.41) is 19.0. The largest absolute Gasteiger partial charge is 0.493 e. The molecule has 1 N–H and O–H groups in total. The van der Waals surface area contributed by atoms with Gasteiger partial charge in [0.25, 0.3) is 0 Å². The standard InChI is InChI=1S/C22H28N2O4/c1-16-11-21(26-3)22(27-4)12-18(16)13-24(2)14-19(25)15-28-20-7-5-17(6-8-20)9-10-23/h5-8,11-12,19,25H,9,13-15H2,1-4H3/t19-/m1/s1. The van der Waals surface area contributed by atoms with Gasteiger partial charge in [0.2, 0.25) is 0 Å². The Labute approximate surface area is 166 Å². The number of aliphatic hydroxyl groups is 1. The van der Waals surface area contributed by atoms with Crippen LogP contribution in [0.3, 0.4) is 0 Å². The van der Waals surface area contributed by atoms with Crippen molar-refractivity contribution in [2.75, 3.05) is 34.4 Å². The number of methoxy groups -OCH3 is 2. The first-order chi connectivity index (χ1) is 13.5. The molecule has 0 aromatic heterocycles. The second-order valence-electron chi connectivity index (χ2n) is 6.77. The molecule has 1 atom stereocenters. The van der Waals surface area contributed by atoms with Gasteiger partial charge in [0.05, 0.1) is 26.7 Å². The summed E-state index contributed by atoms with van der Waals surface area (Å²) < 4.78 is 16.3. The van der Waals surface area contributed by atoms with E-state index in [9.17, 15) is 5.11 Å². The van der Waals surface area contributed by atoms with Crippen molar-refractivity contribution in [2.24, 2.45) is 0 Å². The van der Waals surface area contributed by atoms with Crippen LogP contribution in [0.4, 0.5) is 0 Å². The lowest BCUT2D eigenvalue weighted by Crippen LogP contribution is -2.33. The number of benzene rings is 2. The Hall–Kier alpha value is -2.75. The fraction of sp³-hybridized carbons (Fsp3) is 0.409. The Morgan fingerprint density at radius 3 is 2.36 bits per heavy atom. The average molecular weight is 384 g/mol. The first-order valence-electron chi connectivity index (χ1n) is 9.13. The number of nitriles is 1. The quantitative estimate of drug-likeness (QED) is 0.679. The van der Waals surface area contributed by atoms with Gasteiger partial charge < -0.3 is 19.3 Å². The summed E-state index contributed by atoms with van der Waals surface area (Å²) in [5.41, 5.74) is 3.16. The summed E-state index contributed by atoms with van der Waals surface area (Å²) in [6.07, 6.45) is -0.243. The molecule has 0 heterocycles. The molecule has 0 fully saturated rings. The lowest BCUT2D eigenvalue weighted by molar-refractivity contribution is 0.0743. The average Bonchev–Trinajstić information content (AvgIpc) is 2.68. The predicted octanol–water partition coefficient (Wildman–Crippen LogP) is 2.95. The molecule has 0 radical (unpaired) electrons. The zero-order valence-corrected chi connectivity index (χ0v) is 16.9. The van der Waals surface area contributed by atoms with Crippen molar-refractivity contribution in [3.63, 3.8) is 0 Å². The van der Waals surface area contributed by atoms with E-state index in [-0.39, 0.29) is 6.61 Å². The first kappa shape index (κ1) is 21.5. The number of rotatable bonds is 10. The van der Waals surface area contributed by atoms with Crippen LogP contribution in [0.1, 0.15) is 16.7 Å². The van der Waals surface area contributed by atoms with Gasteiger partial charge in [0, 0.05) is 13.1 Å². The van der Waals surface area contributed by atoms with Gasteiger partial charge in [-0.25, -0.2) is 0 Å². The Morgan fingerprint density at radius 2 is 1.75 bits per heavy atom. The maximum atomic E-state index is 10.3. The van der Waals surface area contributed by atoms with E-state index in [2.05, 4.69) is 6.07 Å². The van der Waals surface area contributed by atoms with Crippen LogP contribution in [0, 0.1) is 18.3 Å². The number of aryl methyl sites for hydroxylation is 1. The predicted molar refractivity (Wildman–Crippen MR) is 108 cm³/mol. The molecular weight excluding hydrogens is 356 g/mol. The molecule has 6 nitrogen and oxygen atoms in total. The summed E-state index contributed by atoms with van der Waals surface area (Å²) >= 11 is 0. The van der Waals surface area contributed by atoms with Crippen LogP contribution in [0.5, 0.6) is 17.2 Å². The molecule has 0 bridgehead atoms. The van der Waals surface area contributed by atoms with E-state index in [4.69, 9.17) is 19.5 Å². The van der Waals surface area contributed by atoms with Gasteiger partial charge in [0.1, 0.15) is 18.5 Å². The van der Waals surface area contributed by atoms with Crippen LogP contribution in [0.25, 0.3) is 0 Å². The van der Waals surface area contributed by atoms with Crippen LogP contribution < -0.4 is 14.2 Å². The minimum Gasteiger partial charge on any atom is -0.493 e. The Bertz CT molecular complexity index is 799. The molecule has 0 amide bonds. The van der Waals surface area contributed by atoms with E-state index in [0.29, 0.717) is 36.8 Å². The van der Waals surface area contributed by atoms with Crippen LogP contribution in [0.2, 0.25) is 0 Å². The summed E-state index contributed by atoms with van der Waals surface area (Å²) in [7, 11) is 5.20. The molecule has 0 unspecified atom stereocenters.